The van der Waals surface area contributed by atoms with Crippen molar-refractivity contribution in [1.29, 1.82) is 0 Å². The fraction of sp³-hybridized carbons (Fsp3) is 0.348. The number of carbonyl (C=O) groups is 3. The van der Waals surface area contributed by atoms with Crippen molar-refractivity contribution in [3.63, 3.8) is 0 Å². The second-order valence-electron chi connectivity index (χ2n) is 7.31. The average Bonchev–Trinajstić information content (AvgIpc) is 2.76. The van der Waals surface area contributed by atoms with Gasteiger partial charge in [-0.15, -0.1) is 0 Å². The van der Waals surface area contributed by atoms with Crippen LogP contribution in [0.3, 0.4) is 0 Å². The number of rotatable bonds is 9. The molecule has 0 radical (unpaired) electrons. The van der Waals surface area contributed by atoms with Crippen molar-refractivity contribution < 1.29 is 23.9 Å². The van der Waals surface area contributed by atoms with Crippen molar-refractivity contribution in [2.75, 3.05) is 7.11 Å². The molecule has 0 bridgehead atoms. The number of alkyl carbamates (subject to hydrolysis) is 1. The molecule has 31 heavy (non-hydrogen) atoms. The zero-order chi connectivity index (χ0) is 22.8. The Hall–Kier alpha value is -2.87. The van der Waals surface area contributed by atoms with Gasteiger partial charge in [-0.05, 0) is 23.1 Å². The molecular weight excluding hydrogens is 464 g/mol. The van der Waals surface area contributed by atoms with Gasteiger partial charge in [0.05, 0.1) is 7.11 Å². The van der Waals surface area contributed by atoms with Crippen molar-refractivity contribution in [1.82, 2.24) is 10.6 Å². The molecular formula is C23H27BrN2O5. The average molecular weight is 491 g/mol. The summed E-state index contributed by atoms with van der Waals surface area (Å²) in [6.07, 6.45) is -0.471. The Kier molecular flexibility index (Phi) is 9.52. The van der Waals surface area contributed by atoms with Gasteiger partial charge in [0.25, 0.3) is 0 Å². The summed E-state index contributed by atoms with van der Waals surface area (Å²) in [5.41, 5.74) is 1.68. The largest absolute Gasteiger partial charge is 0.467 e. The molecule has 0 saturated heterocycles. The van der Waals surface area contributed by atoms with Gasteiger partial charge in [-0.3, -0.25) is 4.79 Å². The van der Waals surface area contributed by atoms with Gasteiger partial charge >= 0.3 is 12.1 Å². The number of esters is 1. The van der Waals surface area contributed by atoms with E-state index in [1.165, 1.54) is 7.11 Å². The standard InChI is InChI=1S/C23H27BrN2O5/c1-15(2)20(26-23(29)31-14-16-9-5-4-6-10-16)21(27)25-19(22(28)30-3)13-17-11-7-8-12-18(17)24/h4-12,15,19-20H,13-14H2,1-3H3,(H,25,27)(H,26,29)/t19-,20+/m0/s1. The Morgan fingerprint density at radius 2 is 1.61 bits per heavy atom. The van der Waals surface area contributed by atoms with Gasteiger partial charge < -0.3 is 20.1 Å². The summed E-state index contributed by atoms with van der Waals surface area (Å²) in [6.45, 7) is 3.68. The number of methoxy groups -OCH3 is 1. The molecule has 2 N–H and O–H groups in total. The second kappa shape index (κ2) is 12.1. The Morgan fingerprint density at radius 3 is 2.23 bits per heavy atom. The normalized spacial score (nSPS) is 12.5. The molecule has 0 aliphatic carbocycles. The maximum atomic E-state index is 12.9. The summed E-state index contributed by atoms with van der Waals surface area (Å²) in [4.78, 5) is 37.4. The fourth-order valence-corrected chi connectivity index (χ4v) is 3.35. The molecule has 7 nitrogen and oxygen atoms in total. The maximum absolute atomic E-state index is 12.9. The summed E-state index contributed by atoms with van der Waals surface area (Å²) in [5, 5.41) is 5.29. The molecule has 0 aliphatic heterocycles. The van der Waals surface area contributed by atoms with Gasteiger partial charge in [-0.1, -0.05) is 78.3 Å². The van der Waals surface area contributed by atoms with E-state index in [0.717, 1.165) is 15.6 Å². The van der Waals surface area contributed by atoms with Crippen LogP contribution < -0.4 is 10.6 Å². The smallest absolute Gasteiger partial charge is 0.408 e. The molecule has 0 heterocycles. The number of benzene rings is 2. The van der Waals surface area contributed by atoms with E-state index in [9.17, 15) is 14.4 Å². The molecule has 2 rings (SSSR count). The highest BCUT2D eigenvalue weighted by molar-refractivity contribution is 9.10. The minimum atomic E-state index is -0.903. The van der Waals surface area contributed by atoms with Crippen molar-refractivity contribution in [3.8, 4) is 0 Å². The van der Waals surface area contributed by atoms with Crippen LogP contribution in [0.5, 0.6) is 0 Å². The first kappa shape index (κ1) is 24.4. The number of halogens is 1. The van der Waals surface area contributed by atoms with Crippen LogP contribution in [0.1, 0.15) is 25.0 Å². The summed E-state index contributed by atoms with van der Waals surface area (Å²) in [6, 6.07) is 14.9. The third kappa shape index (κ3) is 7.71. The van der Waals surface area contributed by atoms with Crippen LogP contribution in [0.2, 0.25) is 0 Å². The highest BCUT2D eigenvalue weighted by atomic mass is 79.9. The molecule has 2 aromatic rings. The van der Waals surface area contributed by atoms with E-state index in [1.54, 1.807) is 13.8 Å². The summed E-state index contributed by atoms with van der Waals surface area (Å²) in [7, 11) is 1.26. The first-order chi connectivity index (χ1) is 14.8. The third-order valence-electron chi connectivity index (χ3n) is 4.62. The van der Waals surface area contributed by atoms with Gasteiger partial charge in [0.2, 0.25) is 5.91 Å². The molecule has 0 aromatic heterocycles. The molecule has 166 valence electrons. The molecule has 0 unspecified atom stereocenters. The minimum absolute atomic E-state index is 0.0892. The van der Waals surface area contributed by atoms with Gasteiger partial charge in [0, 0.05) is 10.9 Å². The van der Waals surface area contributed by atoms with E-state index >= 15 is 0 Å². The Morgan fingerprint density at radius 1 is 0.968 bits per heavy atom. The van der Waals surface area contributed by atoms with E-state index in [1.807, 2.05) is 54.6 Å². The number of hydrogen-bond donors (Lipinski definition) is 2. The van der Waals surface area contributed by atoms with E-state index in [4.69, 9.17) is 9.47 Å². The number of ether oxygens (including phenoxy) is 2. The second-order valence-corrected chi connectivity index (χ2v) is 8.16. The molecule has 0 fully saturated rings. The highest BCUT2D eigenvalue weighted by Gasteiger charge is 2.30. The van der Waals surface area contributed by atoms with Crippen LogP contribution in [-0.2, 0) is 32.1 Å². The monoisotopic (exact) mass is 490 g/mol. The van der Waals surface area contributed by atoms with Gasteiger partial charge in [0.1, 0.15) is 18.7 Å². The quantitative estimate of drug-likeness (QED) is 0.523. The summed E-state index contributed by atoms with van der Waals surface area (Å²) in [5.74, 6) is -1.29. The SMILES string of the molecule is COC(=O)[C@H](Cc1ccccc1Br)NC(=O)[C@H](NC(=O)OCc1ccccc1)C(C)C. The van der Waals surface area contributed by atoms with Crippen LogP contribution in [-0.4, -0.2) is 37.2 Å². The van der Waals surface area contributed by atoms with Crippen LogP contribution in [0.4, 0.5) is 4.79 Å². The molecule has 0 spiro atoms. The molecule has 0 aliphatic rings. The van der Waals surface area contributed by atoms with Crippen molar-refractivity contribution in [2.45, 2.75) is 39.0 Å². The van der Waals surface area contributed by atoms with Crippen molar-refractivity contribution in [3.05, 3.63) is 70.2 Å². The van der Waals surface area contributed by atoms with E-state index in [0.29, 0.717) is 0 Å². The van der Waals surface area contributed by atoms with Gasteiger partial charge in [0.15, 0.2) is 0 Å². The predicted molar refractivity (Wildman–Crippen MR) is 120 cm³/mol. The zero-order valence-electron chi connectivity index (χ0n) is 17.8. The van der Waals surface area contributed by atoms with Gasteiger partial charge in [-0.2, -0.15) is 0 Å². The van der Waals surface area contributed by atoms with E-state index in [2.05, 4.69) is 26.6 Å². The topological polar surface area (TPSA) is 93.7 Å². The highest BCUT2D eigenvalue weighted by Crippen LogP contribution is 2.18. The lowest BCUT2D eigenvalue weighted by molar-refractivity contribution is -0.145. The maximum Gasteiger partial charge on any atom is 0.408 e. The van der Waals surface area contributed by atoms with Crippen LogP contribution in [0, 0.1) is 5.92 Å². The minimum Gasteiger partial charge on any atom is -0.467 e. The lowest BCUT2D eigenvalue weighted by Crippen LogP contribution is -2.54. The summed E-state index contributed by atoms with van der Waals surface area (Å²) < 4.78 is 10.9. The number of hydrogen-bond acceptors (Lipinski definition) is 5. The molecule has 2 atom stereocenters. The lowest BCUT2D eigenvalue weighted by Gasteiger charge is -2.24. The predicted octanol–water partition coefficient (Wildman–Crippen LogP) is 3.60. The first-order valence-electron chi connectivity index (χ1n) is 9.90. The molecule has 8 heteroatoms. The summed E-state index contributed by atoms with van der Waals surface area (Å²) >= 11 is 3.45. The van der Waals surface area contributed by atoms with Crippen LogP contribution in [0.25, 0.3) is 0 Å². The Bertz CT molecular complexity index is 889. The van der Waals surface area contributed by atoms with E-state index in [-0.39, 0.29) is 18.9 Å². The third-order valence-corrected chi connectivity index (χ3v) is 5.39. The fourth-order valence-electron chi connectivity index (χ4n) is 2.91. The van der Waals surface area contributed by atoms with Crippen molar-refractivity contribution in [2.24, 2.45) is 5.92 Å². The number of carbonyl (C=O) groups excluding carboxylic acids is 3. The van der Waals surface area contributed by atoms with Gasteiger partial charge in [-0.25, -0.2) is 9.59 Å². The Balaban J connectivity index is 2.03. The van der Waals surface area contributed by atoms with Crippen molar-refractivity contribution >= 4 is 33.9 Å². The number of nitrogens with one attached hydrogen (secondary N) is 2. The molecule has 0 saturated carbocycles. The molecule has 2 amide bonds. The zero-order valence-corrected chi connectivity index (χ0v) is 19.3. The first-order valence-corrected chi connectivity index (χ1v) is 10.7. The van der Waals surface area contributed by atoms with E-state index < -0.39 is 30.1 Å². The molecule has 2 aromatic carbocycles. The Labute approximate surface area is 190 Å². The van der Waals surface area contributed by atoms with Crippen LogP contribution >= 0.6 is 15.9 Å². The lowest BCUT2D eigenvalue weighted by atomic mass is 10.0. The number of amides is 2. The van der Waals surface area contributed by atoms with Crippen LogP contribution in [0.15, 0.2) is 59.1 Å².